The molecule has 0 saturated heterocycles. The van der Waals surface area contributed by atoms with Crippen LogP contribution in [0.4, 0.5) is 0 Å². The third-order valence-electron chi connectivity index (χ3n) is 4.04. The minimum Gasteiger partial charge on any atom is -0.483 e. The van der Waals surface area contributed by atoms with Crippen LogP contribution in [0.25, 0.3) is 0 Å². The highest BCUT2D eigenvalue weighted by atomic mass is 16.5. The van der Waals surface area contributed by atoms with Crippen LogP contribution in [0.1, 0.15) is 32.5 Å². The van der Waals surface area contributed by atoms with Crippen molar-refractivity contribution in [3.05, 3.63) is 18.2 Å². The number of ketones is 1. The van der Waals surface area contributed by atoms with E-state index in [1.165, 1.54) is 19.5 Å². The molecule has 0 fully saturated rings. The number of nitrogens with one attached hydrogen (secondary N) is 4. The number of aromatic nitrogens is 2. The Hall–Kier alpha value is -3.26. The molecule has 29 heavy (non-hydrogen) atoms. The van der Waals surface area contributed by atoms with Crippen molar-refractivity contribution in [2.45, 2.75) is 45.3 Å². The summed E-state index contributed by atoms with van der Waals surface area (Å²) in [5, 5.41) is 23.4. The number of rotatable bonds is 11. The summed E-state index contributed by atoms with van der Waals surface area (Å²) in [6.07, 6.45) is 5.34. The SMILES string of the molecule is COC(C)(C)C(=O)N[C@@H](CCCNC(=N)NC#N)C(=O)COc1cnc(C)nc1. The number of hydrogen-bond acceptors (Lipinski definition) is 8. The monoisotopic (exact) mass is 405 g/mol. The van der Waals surface area contributed by atoms with Crippen LogP contribution in [-0.2, 0) is 14.3 Å². The number of hydrogen-bond donors (Lipinski definition) is 4. The second kappa shape index (κ2) is 11.6. The number of nitriles is 1. The first-order valence-electron chi connectivity index (χ1n) is 8.97. The minimum absolute atomic E-state index is 0.136. The number of methoxy groups -OCH3 is 1. The van der Waals surface area contributed by atoms with E-state index in [0.29, 0.717) is 31.0 Å². The Balaban J connectivity index is 2.68. The molecule has 0 aliphatic carbocycles. The van der Waals surface area contributed by atoms with Crippen LogP contribution in [-0.4, -0.2) is 59.5 Å². The summed E-state index contributed by atoms with van der Waals surface area (Å²) in [6.45, 7) is 5.01. The zero-order chi connectivity index (χ0) is 21.9. The average molecular weight is 405 g/mol. The fourth-order valence-electron chi connectivity index (χ4n) is 2.07. The molecule has 0 saturated carbocycles. The predicted octanol–water partition coefficient (Wildman–Crippen LogP) is 0.0180. The van der Waals surface area contributed by atoms with Crippen molar-refractivity contribution >= 4 is 17.6 Å². The topological polar surface area (TPSA) is 162 Å². The maximum atomic E-state index is 12.6. The van der Waals surface area contributed by atoms with Crippen molar-refractivity contribution in [2.75, 3.05) is 20.3 Å². The molecule has 0 bridgehead atoms. The van der Waals surface area contributed by atoms with E-state index in [0.717, 1.165) is 0 Å². The fourth-order valence-corrected chi connectivity index (χ4v) is 2.07. The standard InChI is InChI=1S/C18H27N7O4/c1-12-22-8-13(9-23-12)29-10-15(26)14(25-16(27)18(2,3)28-4)6-5-7-21-17(20)24-11-19/h8-9,14H,5-7,10H2,1-4H3,(H,25,27)(H3,20,21,24)/t14-/m0/s1. The summed E-state index contributed by atoms with van der Waals surface area (Å²) in [4.78, 5) is 33.0. The van der Waals surface area contributed by atoms with E-state index < -0.39 is 17.6 Å². The molecule has 11 nitrogen and oxygen atoms in total. The predicted molar refractivity (Wildman–Crippen MR) is 104 cm³/mol. The molecule has 0 spiro atoms. The van der Waals surface area contributed by atoms with Gasteiger partial charge in [-0.25, -0.2) is 9.97 Å². The number of carbonyl (C=O) groups excluding carboxylic acids is 2. The van der Waals surface area contributed by atoms with Crippen molar-refractivity contribution in [1.82, 2.24) is 25.9 Å². The first-order chi connectivity index (χ1) is 13.7. The maximum absolute atomic E-state index is 12.6. The normalized spacial score (nSPS) is 11.7. The number of nitrogens with zero attached hydrogens (tertiary/aromatic N) is 3. The Morgan fingerprint density at radius 3 is 2.59 bits per heavy atom. The number of Topliss-reactive ketones (excluding diaryl/α,β-unsaturated/α-hetero) is 1. The third-order valence-corrected chi connectivity index (χ3v) is 4.04. The number of guanidine groups is 1. The minimum atomic E-state index is -1.10. The summed E-state index contributed by atoms with van der Waals surface area (Å²) in [5.74, 6) is 0.0473. The fraction of sp³-hybridized carbons (Fsp3) is 0.556. The molecule has 1 heterocycles. The second-order valence-corrected chi connectivity index (χ2v) is 6.64. The van der Waals surface area contributed by atoms with E-state index in [1.807, 2.05) is 0 Å². The van der Waals surface area contributed by atoms with Crippen LogP contribution in [0.3, 0.4) is 0 Å². The van der Waals surface area contributed by atoms with Gasteiger partial charge in [-0.3, -0.25) is 20.3 Å². The third kappa shape index (κ3) is 8.52. The Morgan fingerprint density at radius 1 is 1.34 bits per heavy atom. The van der Waals surface area contributed by atoms with Gasteiger partial charge < -0.3 is 20.1 Å². The van der Waals surface area contributed by atoms with Crippen molar-refractivity contribution < 1.29 is 19.1 Å². The summed E-state index contributed by atoms with van der Waals surface area (Å²) in [5.41, 5.74) is -1.10. The van der Waals surface area contributed by atoms with E-state index in [4.69, 9.17) is 20.1 Å². The lowest BCUT2D eigenvalue weighted by Crippen LogP contribution is -2.51. The van der Waals surface area contributed by atoms with Crippen LogP contribution < -0.4 is 20.7 Å². The molecule has 1 amide bonds. The number of ether oxygens (including phenoxy) is 2. The maximum Gasteiger partial charge on any atom is 0.252 e. The molecule has 0 unspecified atom stereocenters. The molecule has 1 atom stereocenters. The largest absolute Gasteiger partial charge is 0.483 e. The molecule has 11 heteroatoms. The molecule has 0 aliphatic rings. The molecular weight excluding hydrogens is 378 g/mol. The zero-order valence-electron chi connectivity index (χ0n) is 17.0. The van der Waals surface area contributed by atoms with Crippen molar-refractivity contribution in [1.29, 1.82) is 10.7 Å². The van der Waals surface area contributed by atoms with Crippen LogP contribution >= 0.6 is 0 Å². The Kier molecular flexibility index (Phi) is 9.47. The van der Waals surface area contributed by atoms with Gasteiger partial charge in [0.2, 0.25) is 5.96 Å². The average Bonchev–Trinajstić information content (AvgIpc) is 2.69. The van der Waals surface area contributed by atoms with Gasteiger partial charge >= 0.3 is 0 Å². The highest BCUT2D eigenvalue weighted by molar-refractivity contribution is 5.92. The van der Waals surface area contributed by atoms with Gasteiger partial charge in [-0.15, -0.1) is 0 Å². The second-order valence-electron chi connectivity index (χ2n) is 6.64. The van der Waals surface area contributed by atoms with Gasteiger partial charge in [0.1, 0.15) is 18.0 Å². The lowest BCUT2D eigenvalue weighted by molar-refractivity contribution is -0.142. The Labute approximate surface area is 169 Å². The Bertz CT molecular complexity index is 744. The van der Waals surface area contributed by atoms with E-state index in [9.17, 15) is 9.59 Å². The van der Waals surface area contributed by atoms with E-state index >= 15 is 0 Å². The molecule has 1 aromatic heterocycles. The van der Waals surface area contributed by atoms with E-state index in [1.54, 1.807) is 27.0 Å². The van der Waals surface area contributed by atoms with Crippen LogP contribution in [0.2, 0.25) is 0 Å². The quantitative estimate of drug-likeness (QED) is 0.131. The molecule has 1 rings (SSSR count). The van der Waals surface area contributed by atoms with Crippen molar-refractivity contribution in [2.24, 2.45) is 0 Å². The molecule has 0 aromatic carbocycles. The highest BCUT2D eigenvalue weighted by Gasteiger charge is 2.31. The van der Waals surface area contributed by atoms with Gasteiger partial charge in [0.15, 0.2) is 17.7 Å². The summed E-state index contributed by atoms with van der Waals surface area (Å²) < 4.78 is 10.6. The molecule has 158 valence electrons. The zero-order valence-corrected chi connectivity index (χ0v) is 17.0. The molecule has 1 aromatic rings. The lowest BCUT2D eigenvalue weighted by Gasteiger charge is -2.25. The molecule has 0 radical (unpaired) electrons. The lowest BCUT2D eigenvalue weighted by atomic mass is 10.0. The Morgan fingerprint density at radius 2 is 2.00 bits per heavy atom. The van der Waals surface area contributed by atoms with Crippen LogP contribution in [0.5, 0.6) is 5.75 Å². The van der Waals surface area contributed by atoms with Gasteiger partial charge in [0.25, 0.3) is 5.91 Å². The molecule has 0 aliphatic heterocycles. The smallest absolute Gasteiger partial charge is 0.252 e. The number of amides is 1. The summed E-state index contributed by atoms with van der Waals surface area (Å²) in [6, 6.07) is -0.803. The van der Waals surface area contributed by atoms with Gasteiger partial charge in [-0.1, -0.05) is 0 Å². The highest BCUT2D eigenvalue weighted by Crippen LogP contribution is 2.11. The number of aryl methyl sites for hydroxylation is 1. The van der Waals surface area contributed by atoms with Crippen LogP contribution in [0, 0.1) is 23.8 Å². The molecule has 4 N–H and O–H groups in total. The van der Waals surface area contributed by atoms with Gasteiger partial charge in [0, 0.05) is 13.7 Å². The summed E-state index contributed by atoms with van der Waals surface area (Å²) in [7, 11) is 1.41. The van der Waals surface area contributed by atoms with Crippen molar-refractivity contribution in [3.8, 4) is 11.9 Å². The first-order valence-corrected chi connectivity index (χ1v) is 8.97. The summed E-state index contributed by atoms with van der Waals surface area (Å²) >= 11 is 0. The van der Waals surface area contributed by atoms with Gasteiger partial charge in [0.05, 0.1) is 18.4 Å². The van der Waals surface area contributed by atoms with Crippen LogP contribution in [0.15, 0.2) is 12.4 Å². The van der Waals surface area contributed by atoms with E-state index in [2.05, 4.69) is 25.9 Å². The van der Waals surface area contributed by atoms with Gasteiger partial charge in [-0.05, 0) is 33.6 Å². The van der Waals surface area contributed by atoms with Crippen molar-refractivity contribution in [3.63, 3.8) is 0 Å². The first kappa shape index (κ1) is 23.8. The molecular formula is C18H27N7O4. The van der Waals surface area contributed by atoms with E-state index in [-0.39, 0.29) is 18.3 Å². The van der Waals surface area contributed by atoms with Gasteiger partial charge in [-0.2, -0.15) is 5.26 Å². The number of carbonyl (C=O) groups is 2.